The molecular formula is C27H35ClN4O4. The minimum absolute atomic E-state index is 0.0702. The van der Waals surface area contributed by atoms with E-state index in [4.69, 9.17) is 25.8 Å². The molecule has 2 aromatic rings. The van der Waals surface area contributed by atoms with Crippen molar-refractivity contribution in [3.63, 3.8) is 0 Å². The van der Waals surface area contributed by atoms with Crippen LogP contribution in [-0.4, -0.2) is 87.2 Å². The molecule has 6 rings (SSSR count). The third kappa shape index (κ3) is 4.27. The van der Waals surface area contributed by atoms with Crippen LogP contribution >= 0.6 is 11.6 Å². The molecule has 1 aromatic carbocycles. The van der Waals surface area contributed by atoms with Crippen LogP contribution in [0.1, 0.15) is 26.2 Å². The van der Waals surface area contributed by atoms with Crippen LogP contribution in [0.2, 0.25) is 5.02 Å². The van der Waals surface area contributed by atoms with Crippen LogP contribution in [0.15, 0.2) is 24.4 Å². The van der Waals surface area contributed by atoms with E-state index >= 15 is 0 Å². The minimum atomic E-state index is -0.0996. The summed E-state index contributed by atoms with van der Waals surface area (Å²) >= 11 is 6.73. The van der Waals surface area contributed by atoms with Crippen LogP contribution in [-0.2, 0) is 19.0 Å². The highest BCUT2D eigenvalue weighted by Crippen LogP contribution is 2.59. The Morgan fingerprint density at radius 2 is 1.92 bits per heavy atom. The zero-order chi connectivity index (χ0) is 24.9. The number of hydrogen-bond donors (Lipinski definition) is 1. The second-order valence-corrected chi connectivity index (χ2v) is 11.4. The van der Waals surface area contributed by atoms with Gasteiger partial charge in [-0.15, -0.1) is 0 Å². The van der Waals surface area contributed by atoms with Gasteiger partial charge in [-0.1, -0.05) is 11.6 Å². The van der Waals surface area contributed by atoms with E-state index in [1.54, 1.807) is 13.3 Å². The van der Waals surface area contributed by atoms with E-state index in [1.165, 1.54) is 0 Å². The number of anilines is 2. The van der Waals surface area contributed by atoms with Crippen molar-refractivity contribution in [3.05, 3.63) is 29.4 Å². The number of piperazine rings is 1. The summed E-state index contributed by atoms with van der Waals surface area (Å²) in [6, 6.07) is 6.06. The van der Waals surface area contributed by atoms with Crippen LogP contribution in [0.25, 0.3) is 10.8 Å². The van der Waals surface area contributed by atoms with Crippen molar-refractivity contribution in [2.45, 2.75) is 37.8 Å². The van der Waals surface area contributed by atoms with Gasteiger partial charge in [0.25, 0.3) is 0 Å². The lowest BCUT2D eigenvalue weighted by atomic mass is 9.93. The van der Waals surface area contributed by atoms with Gasteiger partial charge in [-0.2, -0.15) is 0 Å². The molecule has 1 N–H and O–H groups in total. The normalized spacial score (nSPS) is 30.1. The van der Waals surface area contributed by atoms with Gasteiger partial charge in [-0.25, -0.2) is 4.98 Å². The fraction of sp³-hybridized carbons (Fsp3) is 0.630. The molecular weight excluding hydrogens is 480 g/mol. The molecule has 8 nitrogen and oxygen atoms in total. The zero-order valence-corrected chi connectivity index (χ0v) is 21.9. The number of halogens is 1. The molecule has 1 saturated carbocycles. The first-order chi connectivity index (χ1) is 17.4. The number of ether oxygens (including phenoxy) is 3. The molecule has 0 radical (unpaired) electrons. The number of carbonyl (C=O) groups excluding carboxylic acids is 1. The number of methoxy groups -OCH3 is 1. The molecule has 1 amide bonds. The largest absolute Gasteiger partial charge is 0.381 e. The van der Waals surface area contributed by atoms with E-state index in [-0.39, 0.29) is 28.9 Å². The maximum absolute atomic E-state index is 12.9. The standard InChI is InChI=1S/C27H35ClN4O4/c1-26(17-36-16-23(26)34-2)32-7-5-31(6-8-32)22-12-18-13-24(29-15-19(18)11-21(22)28)30-25(33)20-14-27(20)3-9-35-10-4-27/h11-13,15,20,23H,3-10,14,16-17H2,1-2H3,(H,29,30,33)/t20?,23-,26+/m0/s1. The Kier molecular flexibility index (Phi) is 6.37. The molecule has 1 spiro atoms. The lowest BCUT2D eigenvalue weighted by molar-refractivity contribution is -0.118. The van der Waals surface area contributed by atoms with Crippen LogP contribution in [0.3, 0.4) is 0 Å². The molecule has 3 aliphatic heterocycles. The Morgan fingerprint density at radius 1 is 1.14 bits per heavy atom. The van der Waals surface area contributed by atoms with Crippen LogP contribution in [0, 0.1) is 11.3 Å². The van der Waals surface area contributed by atoms with Gasteiger partial charge >= 0.3 is 0 Å². The molecule has 4 fully saturated rings. The Labute approximate surface area is 217 Å². The number of benzene rings is 1. The summed E-state index contributed by atoms with van der Waals surface area (Å²) in [5.74, 6) is 0.744. The molecule has 1 aromatic heterocycles. The molecule has 4 heterocycles. The number of carbonyl (C=O) groups is 1. The van der Waals surface area contributed by atoms with Gasteiger partial charge in [0.2, 0.25) is 5.91 Å². The third-order valence-electron chi connectivity index (χ3n) is 9.02. The highest BCUT2D eigenvalue weighted by Gasteiger charge is 2.58. The Bertz CT molecular complexity index is 1150. The second kappa shape index (κ2) is 9.40. The first kappa shape index (κ1) is 24.4. The SMILES string of the molecule is CO[C@H]1COC[C@@]1(C)N1CCN(c2cc3cc(NC(=O)C4CC45CCOCC5)ncc3cc2Cl)CC1. The molecule has 1 aliphatic carbocycles. The minimum Gasteiger partial charge on any atom is -0.381 e. The number of rotatable bonds is 5. The molecule has 4 aliphatic rings. The number of nitrogens with one attached hydrogen (secondary N) is 1. The molecule has 1 unspecified atom stereocenters. The summed E-state index contributed by atoms with van der Waals surface area (Å²) in [5.41, 5.74) is 1.07. The summed E-state index contributed by atoms with van der Waals surface area (Å²) in [5, 5.41) is 5.77. The smallest absolute Gasteiger partial charge is 0.229 e. The van der Waals surface area contributed by atoms with Gasteiger partial charge in [0.15, 0.2) is 0 Å². The monoisotopic (exact) mass is 514 g/mol. The zero-order valence-electron chi connectivity index (χ0n) is 21.1. The number of fused-ring (bicyclic) bond motifs is 1. The fourth-order valence-electron chi connectivity index (χ4n) is 6.45. The van der Waals surface area contributed by atoms with E-state index < -0.39 is 0 Å². The van der Waals surface area contributed by atoms with Gasteiger partial charge in [-0.05, 0) is 55.2 Å². The van der Waals surface area contributed by atoms with E-state index in [9.17, 15) is 4.79 Å². The predicted octanol–water partition coefficient (Wildman–Crippen LogP) is 3.57. The first-order valence-corrected chi connectivity index (χ1v) is 13.4. The van der Waals surface area contributed by atoms with E-state index in [1.807, 2.05) is 12.1 Å². The van der Waals surface area contributed by atoms with Crippen molar-refractivity contribution in [3.8, 4) is 0 Å². The topological polar surface area (TPSA) is 76.2 Å². The van der Waals surface area contributed by atoms with Crippen LogP contribution < -0.4 is 10.2 Å². The van der Waals surface area contributed by atoms with Crippen molar-refractivity contribution in [2.75, 3.05) is 69.9 Å². The molecule has 3 saturated heterocycles. The average Bonchev–Trinajstić information content (AvgIpc) is 3.44. The summed E-state index contributed by atoms with van der Waals surface area (Å²) in [7, 11) is 1.77. The maximum Gasteiger partial charge on any atom is 0.229 e. The van der Waals surface area contributed by atoms with Crippen molar-refractivity contribution in [1.82, 2.24) is 9.88 Å². The first-order valence-electron chi connectivity index (χ1n) is 13.0. The van der Waals surface area contributed by atoms with Gasteiger partial charge in [0.1, 0.15) is 11.9 Å². The lowest BCUT2D eigenvalue weighted by Crippen LogP contribution is -2.61. The molecule has 3 atom stereocenters. The molecule has 36 heavy (non-hydrogen) atoms. The summed E-state index contributed by atoms with van der Waals surface area (Å²) in [4.78, 5) is 22.2. The average molecular weight is 515 g/mol. The van der Waals surface area contributed by atoms with Crippen molar-refractivity contribution in [2.24, 2.45) is 11.3 Å². The Balaban J connectivity index is 1.15. The number of hydrogen-bond acceptors (Lipinski definition) is 7. The highest BCUT2D eigenvalue weighted by atomic mass is 35.5. The maximum atomic E-state index is 12.9. The molecule has 194 valence electrons. The Hall–Kier alpha value is -1.97. The van der Waals surface area contributed by atoms with Gasteiger partial charge < -0.3 is 24.4 Å². The van der Waals surface area contributed by atoms with Gasteiger partial charge in [0.05, 0.1) is 29.5 Å². The van der Waals surface area contributed by atoms with Gasteiger partial charge in [-0.3, -0.25) is 9.69 Å². The van der Waals surface area contributed by atoms with Gasteiger partial charge in [0, 0.05) is 64.0 Å². The quantitative estimate of drug-likeness (QED) is 0.653. The van der Waals surface area contributed by atoms with E-state index in [2.05, 4.69) is 33.1 Å². The highest BCUT2D eigenvalue weighted by molar-refractivity contribution is 6.34. The summed E-state index contributed by atoms with van der Waals surface area (Å²) in [6.07, 6.45) is 4.79. The number of amides is 1. The number of aromatic nitrogens is 1. The Morgan fingerprint density at radius 3 is 2.67 bits per heavy atom. The number of pyridine rings is 1. The number of nitrogens with zero attached hydrogens (tertiary/aromatic N) is 3. The van der Waals surface area contributed by atoms with E-state index in [0.29, 0.717) is 19.0 Å². The van der Waals surface area contributed by atoms with Crippen molar-refractivity contribution < 1.29 is 19.0 Å². The fourth-order valence-corrected chi connectivity index (χ4v) is 6.74. The predicted molar refractivity (Wildman–Crippen MR) is 140 cm³/mol. The summed E-state index contributed by atoms with van der Waals surface area (Å²) in [6.45, 7) is 8.68. The molecule has 9 heteroatoms. The van der Waals surface area contributed by atoms with Crippen LogP contribution in [0.5, 0.6) is 0 Å². The third-order valence-corrected chi connectivity index (χ3v) is 9.32. The van der Waals surface area contributed by atoms with Crippen molar-refractivity contribution in [1.29, 1.82) is 0 Å². The molecule has 0 bridgehead atoms. The summed E-state index contributed by atoms with van der Waals surface area (Å²) < 4.78 is 16.9. The lowest BCUT2D eigenvalue weighted by Gasteiger charge is -2.46. The van der Waals surface area contributed by atoms with Crippen molar-refractivity contribution >= 4 is 39.8 Å². The second-order valence-electron chi connectivity index (χ2n) is 11.0. The van der Waals surface area contributed by atoms with Crippen LogP contribution in [0.4, 0.5) is 11.5 Å². The van der Waals surface area contributed by atoms with E-state index in [0.717, 1.165) is 80.1 Å².